The van der Waals surface area contributed by atoms with E-state index in [9.17, 15) is 4.79 Å². The van der Waals surface area contributed by atoms with Gasteiger partial charge in [0.2, 0.25) is 0 Å². The number of nitrogens with one attached hydrogen (secondary N) is 1. The first-order valence-electron chi connectivity index (χ1n) is 9.30. The van der Waals surface area contributed by atoms with Crippen molar-refractivity contribution in [3.05, 3.63) is 35.5 Å². The van der Waals surface area contributed by atoms with Gasteiger partial charge in [-0.05, 0) is 59.9 Å². The number of nitrogens with two attached hydrogens (primary N) is 1. The van der Waals surface area contributed by atoms with Gasteiger partial charge in [0.15, 0.2) is 0 Å². The molecule has 0 spiro atoms. The van der Waals surface area contributed by atoms with Crippen LogP contribution in [0.2, 0.25) is 0 Å². The summed E-state index contributed by atoms with van der Waals surface area (Å²) in [6.45, 7) is 17.1. The second kappa shape index (κ2) is 14.8. The molecule has 0 aromatic rings. The van der Waals surface area contributed by atoms with E-state index in [1.54, 1.807) is 0 Å². The van der Waals surface area contributed by atoms with Gasteiger partial charge < -0.3 is 15.8 Å². The summed E-state index contributed by atoms with van der Waals surface area (Å²) in [7, 11) is 0. The third-order valence-corrected chi connectivity index (χ3v) is 3.22. The molecule has 146 valence electrons. The number of rotatable bonds is 8. The van der Waals surface area contributed by atoms with Crippen LogP contribution in [0.4, 0.5) is 4.79 Å². The second-order valence-corrected chi connectivity index (χ2v) is 7.15. The zero-order valence-electron chi connectivity index (χ0n) is 17.6. The highest BCUT2D eigenvalue weighted by Crippen LogP contribution is 2.10. The number of alkyl carbamates (subject to hydrolysis) is 1. The molecule has 0 heterocycles. The molecule has 0 aliphatic heterocycles. The van der Waals surface area contributed by atoms with Crippen LogP contribution in [0.5, 0.6) is 0 Å². The van der Waals surface area contributed by atoms with Gasteiger partial charge in [-0.1, -0.05) is 56.2 Å². The van der Waals surface area contributed by atoms with Crippen LogP contribution in [0.15, 0.2) is 35.5 Å². The van der Waals surface area contributed by atoms with Crippen molar-refractivity contribution in [1.29, 1.82) is 0 Å². The largest absolute Gasteiger partial charge is 0.444 e. The maximum atomic E-state index is 11.5. The summed E-state index contributed by atoms with van der Waals surface area (Å²) in [5, 5.41) is 2.74. The van der Waals surface area contributed by atoms with E-state index in [2.05, 4.69) is 25.2 Å². The summed E-state index contributed by atoms with van der Waals surface area (Å²) in [4.78, 5) is 11.5. The molecule has 0 aromatic heterocycles. The molecule has 1 atom stereocenters. The predicted molar refractivity (Wildman–Crippen MR) is 110 cm³/mol. The lowest BCUT2D eigenvalue weighted by molar-refractivity contribution is 0.0532. The molecule has 0 aromatic carbocycles. The van der Waals surface area contributed by atoms with E-state index in [1.807, 2.05) is 59.8 Å². The Bertz CT molecular complexity index is 443. The Labute approximate surface area is 155 Å². The maximum absolute atomic E-state index is 11.5. The van der Waals surface area contributed by atoms with E-state index in [4.69, 9.17) is 10.5 Å². The standard InChI is InChI=1S/C19H34N2O2.C2H6/c1-15(11-12-16(2)13-20)9-7-8-10-17(3)14-21-18(22)23-19(4,5)6;1-2/h7-10,16H,11-14,20H2,1-6H3,(H,21,22);1-2H3/b8-7-,15-9+,17-10+;. The number of amides is 1. The first kappa shape index (κ1) is 25.7. The van der Waals surface area contributed by atoms with Crippen molar-refractivity contribution in [1.82, 2.24) is 5.32 Å². The third kappa shape index (κ3) is 18.6. The minimum Gasteiger partial charge on any atom is -0.444 e. The molecule has 4 heteroatoms. The van der Waals surface area contributed by atoms with Gasteiger partial charge in [0.05, 0.1) is 0 Å². The fourth-order valence-electron chi connectivity index (χ4n) is 1.70. The van der Waals surface area contributed by atoms with Gasteiger partial charge >= 0.3 is 6.09 Å². The Kier molecular flexibility index (Phi) is 15.2. The second-order valence-electron chi connectivity index (χ2n) is 7.15. The number of carbonyl (C=O) groups excluding carboxylic acids is 1. The van der Waals surface area contributed by atoms with Crippen molar-refractivity contribution in [3.8, 4) is 0 Å². The monoisotopic (exact) mass is 352 g/mol. The molecule has 0 fully saturated rings. The zero-order chi connectivity index (χ0) is 19.9. The first-order chi connectivity index (χ1) is 11.6. The molecule has 0 aliphatic rings. The van der Waals surface area contributed by atoms with Gasteiger partial charge in [0.1, 0.15) is 5.60 Å². The van der Waals surface area contributed by atoms with Crippen LogP contribution >= 0.6 is 0 Å². The summed E-state index contributed by atoms with van der Waals surface area (Å²) in [6.07, 6.45) is 9.94. The van der Waals surface area contributed by atoms with Gasteiger partial charge in [-0.2, -0.15) is 0 Å². The van der Waals surface area contributed by atoms with Crippen molar-refractivity contribution < 1.29 is 9.53 Å². The highest BCUT2D eigenvalue weighted by Gasteiger charge is 2.15. The lowest BCUT2D eigenvalue weighted by Gasteiger charge is -2.19. The average molecular weight is 353 g/mol. The number of carbonyl (C=O) groups is 1. The molecule has 3 N–H and O–H groups in total. The maximum Gasteiger partial charge on any atom is 0.407 e. The molecule has 4 nitrogen and oxygen atoms in total. The molecular formula is C21H40N2O2. The van der Waals surface area contributed by atoms with E-state index in [0.29, 0.717) is 12.5 Å². The Morgan fingerprint density at radius 1 is 1.12 bits per heavy atom. The van der Waals surface area contributed by atoms with Crippen molar-refractivity contribution in [3.63, 3.8) is 0 Å². The SMILES string of the molecule is CC.C\C(=C/C=C\C=C(/C)CNC(=O)OC(C)(C)C)CCC(C)CN. The number of hydrogen-bond acceptors (Lipinski definition) is 3. The summed E-state index contributed by atoms with van der Waals surface area (Å²) >= 11 is 0. The Morgan fingerprint density at radius 3 is 2.12 bits per heavy atom. The quantitative estimate of drug-likeness (QED) is 0.578. The molecule has 0 rings (SSSR count). The average Bonchev–Trinajstić information content (AvgIpc) is 2.55. The summed E-state index contributed by atoms with van der Waals surface area (Å²) in [5.74, 6) is 0.573. The van der Waals surface area contributed by atoms with Crippen LogP contribution in [0.3, 0.4) is 0 Å². The van der Waals surface area contributed by atoms with E-state index in [0.717, 1.165) is 25.0 Å². The minimum absolute atomic E-state index is 0.390. The molecule has 1 unspecified atom stereocenters. The van der Waals surface area contributed by atoms with Crippen LogP contribution in [-0.4, -0.2) is 24.8 Å². The van der Waals surface area contributed by atoms with Crippen molar-refractivity contribution in [2.24, 2.45) is 11.7 Å². The molecular weight excluding hydrogens is 312 g/mol. The molecule has 0 radical (unpaired) electrons. The molecule has 25 heavy (non-hydrogen) atoms. The van der Waals surface area contributed by atoms with Crippen LogP contribution < -0.4 is 11.1 Å². The fourth-order valence-corrected chi connectivity index (χ4v) is 1.70. The topological polar surface area (TPSA) is 64.3 Å². The molecule has 1 amide bonds. The first-order valence-corrected chi connectivity index (χ1v) is 9.30. The normalized spacial score (nSPS) is 14.0. The smallest absolute Gasteiger partial charge is 0.407 e. The van der Waals surface area contributed by atoms with Crippen LogP contribution in [0.25, 0.3) is 0 Å². The lowest BCUT2D eigenvalue weighted by atomic mass is 10.0. The number of ether oxygens (including phenoxy) is 1. The number of hydrogen-bond donors (Lipinski definition) is 2. The highest BCUT2D eigenvalue weighted by atomic mass is 16.6. The minimum atomic E-state index is -0.467. The Balaban J connectivity index is 0. The van der Waals surface area contributed by atoms with Gasteiger partial charge in [-0.15, -0.1) is 0 Å². The fraction of sp³-hybridized carbons (Fsp3) is 0.667. The molecule has 0 bridgehead atoms. The van der Waals surface area contributed by atoms with E-state index in [-0.39, 0.29) is 6.09 Å². The number of allylic oxidation sites excluding steroid dienone is 5. The van der Waals surface area contributed by atoms with Crippen molar-refractivity contribution in [2.75, 3.05) is 13.1 Å². The van der Waals surface area contributed by atoms with Gasteiger partial charge in [-0.3, -0.25) is 0 Å². The van der Waals surface area contributed by atoms with E-state index < -0.39 is 5.60 Å². The van der Waals surface area contributed by atoms with Crippen molar-refractivity contribution in [2.45, 2.75) is 73.8 Å². The summed E-state index contributed by atoms with van der Waals surface area (Å²) in [6, 6.07) is 0. The summed E-state index contributed by atoms with van der Waals surface area (Å²) < 4.78 is 5.19. The van der Waals surface area contributed by atoms with Crippen molar-refractivity contribution >= 4 is 6.09 Å². The molecule has 0 aliphatic carbocycles. The molecule has 0 saturated carbocycles. The lowest BCUT2D eigenvalue weighted by Crippen LogP contribution is -2.33. The van der Waals surface area contributed by atoms with Crippen LogP contribution in [0.1, 0.15) is 68.2 Å². The van der Waals surface area contributed by atoms with E-state index >= 15 is 0 Å². The third-order valence-electron chi connectivity index (χ3n) is 3.22. The van der Waals surface area contributed by atoms with Crippen LogP contribution in [-0.2, 0) is 4.74 Å². The molecule has 0 saturated heterocycles. The Morgan fingerprint density at radius 2 is 1.64 bits per heavy atom. The zero-order valence-corrected chi connectivity index (χ0v) is 17.6. The predicted octanol–water partition coefficient (Wildman–Crippen LogP) is 5.36. The van der Waals surface area contributed by atoms with Gasteiger partial charge in [0, 0.05) is 6.54 Å². The van der Waals surface area contributed by atoms with Crippen LogP contribution in [0, 0.1) is 5.92 Å². The highest BCUT2D eigenvalue weighted by molar-refractivity contribution is 5.68. The Hall–Kier alpha value is -1.55. The van der Waals surface area contributed by atoms with Gasteiger partial charge in [0.25, 0.3) is 0 Å². The van der Waals surface area contributed by atoms with Gasteiger partial charge in [-0.25, -0.2) is 4.79 Å². The summed E-state index contributed by atoms with van der Waals surface area (Å²) in [5.41, 5.74) is 7.56. The van der Waals surface area contributed by atoms with E-state index in [1.165, 1.54) is 5.57 Å².